The predicted octanol–water partition coefficient (Wildman–Crippen LogP) is 4.26. The third kappa shape index (κ3) is 2.91. The summed E-state index contributed by atoms with van der Waals surface area (Å²) in [5.41, 5.74) is 2.03. The van der Waals surface area contributed by atoms with Crippen molar-refractivity contribution < 1.29 is 0 Å². The van der Waals surface area contributed by atoms with Gasteiger partial charge in [-0.1, -0.05) is 0 Å². The summed E-state index contributed by atoms with van der Waals surface area (Å²) in [4.78, 5) is 2.90. The molecule has 0 radical (unpaired) electrons. The lowest BCUT2D eigenvalue weighted by atomic mass is 10.2. The van der Waals surface area contributed by atoms with Crippen LogP contribution < -0.4 is 5.32 Å². The van der Waals surface area contributed by atoms with E-state index in [9.17, 15) is 0 Å². The molecule has 0 amide bonds. The summed E-state index contributed by atoms with van der Waals surface area (Å²) in [5, 5.41) is 11.7. The number of hydrogen-bond donors (Lipinski definition) is 1. The summed E-state index contributed by atoms with van der Waals surface area (Å²) in [6, 6.07) is 12.6. The first-order valence-electron chi connectivity index (χ1n) is 6.21. The van der Waals surface area contributed by atoms with Crippen LogP contribution in [-0.2, 0) is 0 Å². The van der Waals surface area contributed by atoms with Crippen LogP contribution in [0.25, 0.3) is 5.69 Å². The molecule has 6 heteroatoms. The van der Waals surface area contributed by atoms with E-state index >= 15 is 0 Å². The summed E-state index contributed by atoms with van der Waals surface area (Å²) in [6.07, 6.45) is 3.34. The molecule has 0 saturated heterocycles. The van der Waals surface area contributed by atoms with Crippen LogP contribution in [0.2, 0.25) is 0 Å². The van der Waals surface area contributed by atoms with Crippen molar-refractivity contribution in [2.75, 3.05) is 5.32 Å². The van der Waals surface area contributed by atoms with Gasteiger partial charge in [-0.15, -0.1) is 11.3 Å². The molecule has 3 aromatic rings. The summed E-state index contributed by atoms with van der Waals surface area (Å²) in [5.74, 6) is 0. The Bertz CT molecular complexity index is 676. The predicted molar refractivity (Wildman–Crippen MR) is 85.4 cm³/mol. The van der Waals surface area contributed by atoms with Crippen molar-refractivity contribution in [3.8, 4) is 5.69 Å². The fraction of sp³-hybridized carbons (Fsp3) is 0.143. The van der Waals surface area contributed by atoms with Crippen molar-refractivity contribution in [3.63, 3.8) is 0 Å². The number of nitrogens with zero attached hydrogens (tertiary/aromatic N) is 3. The largest absolute Gasteiger partial charge is 0.378 e. The zero-order valence-electron chi connectivity index (χ0n) is 10.8. The molecule has 0 aliphatic rings. The second-order valence-corrected chi connectivity index (χ2v) is 6.87. The van der Waals surface area contributed by atoms with Crippen LogP contribution in [0.3, 0.4) is 0 Å². The van der Waals surface area contributed by atoms with E-state index in [4.69, 9.17) is 0 Å². The molecule has 0 saturated carbocycles. The molecule has 0 bridgehead atoms. The topological polar surface area (TPSA) is 42.7 Å². The van der Waals surface area contributed by atoms with Crippen molar-refractivity contribution in [2.45, 2.75) is 13.0 Å². The van der Waals surface area contributed by atoms with Crippen molar-refractivity contribution in [3.05, 3.63) is 57.5 Å². The smallest absolute Gasteiger partial charge is 0.0858 e. The van der Waals surface area contributed by atoms with Crippen molar-refractivity contribution >= 4 is 33.0 Å². The number of hydrogen-bond acceptors (Lipinski definition) is 4. The van der Waals surface area contributed by atoms with Crippen LogP contribution in [-0.4, -0.2) is 15.0 Å². The molecule has 3 rings (SSSR count). The van der Waals surface area contributed by atoms with E-state index in [1.165, 1.54) is 4.88 Å². The van der Waals surface area contributed by atoms with Gasteiger partial charge < -0.3 is 5.32 Å². The molecule has 102 valence electrons. The molecular formula is C14H13BrN4S. The highest BCUT2D eigenvalue weighted by atomic mass is 79.9. The lowest BCUT2D eigenvalue weighted by Crippen LogP contribution is -2.05. The maximum absolute atomic E-state index is 4.11. The first kappa shape index (κ1) is 13.3. The molecule has 0 fully saturated rings. The second-order valence-electron chi connectivity index (χ2n) is 4.37. The molecule has 2 aromatic heterocycles. The number of halogens is 1. The Labute approximate surface area is 129 Å². The molecule has 1 aromatic carbocycles. The SMILES string of the molecule is CC(Nc1ccc(-n2nccn2)cc1)c1ccc(Br)s1. The lowest BCUT2D eigenvalue weighted by Gasteiger charge is -2.14. The summed E-state index contributed by atoms with van der Waals surface area (Å²) in [6.45, 7) is 2.15. The van der Waals surface area contributed by atoms with Crippen LogP contribution >= 0.6 is 27.3 Å². The fourth-order valence-corrected chi connectivity index (χ4v) is 3.35. The van der Waals surface area contributed by atoms with Crippen LogP contribution in [0.5, 0.6) is 0 Å². The average Bonchev–Trinajstić information content (AvgIpc) is 3.10. The van der Waals surface area contributed by atoms with Crippen molar-refractivity contribution in [1.29, 1.82) is 0 Å². The van der Waals surface area contributed by atoms with E-state index in [0.29, 0.717) is 0 Å². The summed E-state index contributed by atoms with van der Waals surface area (Å²) >= 11 is 5.24. The van der Waals surface area contributed by atoms with Gasteiger partial charge in [0.2, 0.25) is 0 Å². The van der Waals surface area contributed by atoms with Gasteiger partial charge in [0.25, 0.3) is 0 Å². The first-order chi connectivity index (χ1) is 9.72. The Morgan fingerprint density at radius 1 is 1.10 bits per heavy atom. The maximum Gasteiger partial charge on any atom is 0.0858 e. The number of benzene rings is 1. The third-order valence-electron chi connectivity index (χ3n) is 2.92. The highest BCUT2D eigenvalue weighted by Crippen LogP contribution is 2.29. The fourth-order valence-electron chi connectivity index (χ4n) is 1.92. The van der Waals surface area contributed by atoms with Gasteiger partial charge in [0, 0.05) is 10.6 Å². The highest BCUT2D eigenvalue weighted by molar-refractivity contribution is 9.11. The lowest BCUT2D eigenvalue weighted by molar-refractivity contribution is 0.752. The van der Waals surface area contributed by atoms with Gasteiger partial charge in [-0.05, 0) is 59.3 Å². The Kier molecular flexibility index (Phi) is 3.84. The maximum atomic E-state index is 4.11. The minimum absolute atomic E-state index is 0.278. The first-order valence-corrected chi connectivity index (χ1v) is 7.82. The minimum Gasteiger partial charge on any atom is -0.378 e. The van der Waals surface area contributed by atoms with Crippen LogP contribution in [0.1, 0.15) is 17.8 Å². The van der Waals surface area contributed by atoms with Crippen LogP contribution in [0.4, 0.5) is 5.69 Å². The van der Waals surface area contributed by atoms with Gasteiger partial charge in [0.15, 0.2) is 0 Å². The zero-order chi connectivity index (χ0) is 13.9. The highest BCUT2D eigenvalue weighted by Gasteiger charge is 2.08. The second kappa shape index (κ2) is 5.76. The van der Waals surface area contributed by atoms with Gasteiger partial charge >= 0.3 is 0 Å². The summed E-state index contributed by atoms with van der Waals surface area (Å²) < 4.78 is 1.15. The number of anilines is 1. The number of nitrogens with one attached hydrogen (secondary N) is 1. The van der Waals surface area contributed by atoms with E-state index in [0.717, 1.165) is 15.2 Å². The quantitative estimate of drug-likeness (QED) is 0.765. The molecule has 1 unspecified atom stereocenters. The van der Waals surface area contributed by atoms with Gasteiger partial charge in [-0.3, -0.25) is 0 Å². The van der Waals surface area contributed by atoms with Crippen molar-refractivity contribution in [2.24, 2.45) is 0 Å². The molecule has 4 nitrogen and oxygen atoms in total. The van der Waals surface area contributed by atoms with E-state index < -0.39 is 0 Å². The molecule has 1 atom stereocenters. The zero-order valence-corrected chi connectivity index (χ0v) is 13.2. The van der Waals surface area contributed by atoms with E-state index in [2.05, 4.69) is 50.5 Å². The Morgan fingerprint density at radius 3 is 2.40 bits per heavy atom. The molecule has 1 N–H and O–H groups in total. The monoisotopic (exact) mass is 348 g/mol. The Morgan fingerprint density at radius 2 is 1.80 bits per heavy atom. The molecule has 0 spiro atoms. The third-order valence-corrected chi connectivity index (χ3v) is 4.73. The molecule has 2 heterocycles. The average molecular weight is 349 g/mol. The van der Waals surface area contributed by atoms with Crippen LogP contribution in [0.15, 0.2) is 52.6 Å². The number of thiophene rings is 1. The Hall–Kier alpha value is -1.66. The number of rotatable bonds is 4. The van der Waals surface area contributed by atoms with Crippen LogP contribution in [0, 0.1) is 0 Å². The normalized spacial score (nSPS) is 12.3. The standard InChI is InChI=1S/C14H13BrN4S/c1-10(13-6-7-14(15)20-13)18-11-2-4-12(5-3-11)19-16-8-9-17-19/h2-10,18H,1H3. The number of aromatic nitrogens is 3. The van der Waals surface area contributed by atoms with Gasteiger partial charge in [-0.2, -0.15) is 15.0 Å². The van der Waals surface area contributed by atoms with Crippen molar-refractivity contribution in [1.82, 2.24) is 15.0 Å². The van der Waals surface area contributed by atoms with Gasteiger partial charge in [-0.25, -0.2) is 0 Å². The van der Waals surface area contributed by atoms with E-state index in [-0.39, 0.29) is 6.04 Å². The molecule has 0 aliphatic heterocycles. The van der Waals surface area contributed by atoms with E-state index in [1.54, 1.807) is 28.5 Å². The Balaban J connectivity index is 1.72. The van der Waals surface area contributed by atoms with Gasteiger partial charge in [0.1, 0.15) is 0 Å². The summed E-state index contributed by atoms with van der Waals surface area (Å²) in [7, 11) is 0. The molecule has 20 heavy (non-hydrogen) atoms. The minimum atomic E-state index is 0.278. The van der Waals surface area contributed by atoms with E-state index in [1.807, 2.05) is 24.3 Å². The molecular weight excluding hydrogens is 336 g/mol. The molecule has 0 aliphatic carbocycles. The van der Waals surface area contributed by atoms with Gasteiger partial charge in [0.05, 0.1) is 27.9 Å².